The lowest BCUT2D eigenvalue weighted by molar-refractivity contribution is -0.660. The van der Waals surface area contributed by atoms with Crippen LogP contribution in [0.4, 0.5) is 5.69 Å². The van der Waals surface area contributed by atoms with Gasteiger partial charge >= 0.3 is 0 Å². The van der Waals surface area contributed by atoms with Crippen molar-refractivity contribution < 1.29 is 35.9 Å². The molecule has 104 heavy (non-hydrogen) atoms. The van der Waals surface area contributed by atoms with E-state index in [2.05, 4.69) is 216 Å². The van der Waals surface area contributed by atoms with Gasteiger partial charge in [0.05, 0.1) is 63.7 Å². The smallest absolute Gasteiger partial charge is 0.216 e. The maximum absolute atomic E-state index is 9.74. The van der Waals surface area contributed by atoms with Crippen LogP contribution in [0.2, 0.25) is 0 Å². The summed E-state index contributed by atoms with van der Waals surface area (Å²) in [5.74, 6) is 1.19. The van der Waals surface area contributed by atoms with Gasteiger partial charge in [0.15, 0.2) is 36.1 Å². The molecule has 0 saturated carbocycles. The molecule has 512 valence electrons. The van der Waals surface area contributed by atoms with E-state index in [1.807, 2.05) is 132 Å². The van der Waals surface area contributed by atoms with Crippen molar-refractivity contribution in [1.29, 1.82) is 15.8 Å². The highest BCUT2D eigenvalue weighted by Crippen LogP contribution is 2.45. The van der Waals surface area contributed by atoms with Crippen LogP contribution in [-0.2, 0) is 28.2 Å². The topological polar surface area (TPSA) is 144 Å². The number of nitrogens with zero attached hydrogens (tertiary/aromatic N) is 8. The number of benzene rings is 8. The third kappa shape index (κ3) is 12.5. The summed E-state index contributed by atoms with van der Waals surface area (Å²) in [6.07, 6.45) is 8.17. The van der Waals surface area contributed by atoms with Crippen molar-refractivity contribution in [1.82, 2.24) is 0 Å². The third-order valence-corrected chi connectivity index (χ3v) is 20.2. The van der Waals surface area contributed by atoms with E-state index in [9.17, 15) is 15.8 Å². The number of pyridine rings is 4. The molecule has 0 aliphatic rings. The summed E-state index contributed by atoms with van der Waals surface area (Å²) in [7, 11) is 8.17. The highest BCUT2D eigenvalue weighted by atomic mass is 16.3. The molecular weight excluding hydrogens is 1280 g/mol. The monoisotopic (exact) mass is 1360 g/mol. The van der Waals surface area contributed by atoms with Crippen molar-refractivity contribution in [3.63, 3.8) is 0 Å². The van der Waals surface area contributed by atoms with Crippen LogP contribution in [0.15, 0.2) is 212 Å². The van der Waals surface area contributed by atoms with Crippen LogP contribution in [0, 0.1) is 68.3 Å². The quantitative estimate of drug-likeness (QED) is 0.109. The molecular formula is C92H84N8O4+4. The Labute approximate surface area is 607 Å². The second kappa shape index (κ2) is 28.5. The summed E-state index contributed by atoms with van der Waals surface area (Å²) in [5, 5.41) is 36.9. The number of rotatable bonds is 8. The van der Waals surface area contributed by atoms with Gasteiger partial charge in [-0.05, 0) is 163 Å². The molecule has 8 heterocycles. The van der Waals surface area contributed by atoms with Crippen LogP contribution >= 0.6 is 0 Å². The third-order valence-electron chi connectivity index (χ3n) is 20.2. The molecule has 8 aromatic heterocycles. The van der Waals surface area contributed by atoms with Crippen LogP contribution in [0.25, 0.3) is 138 Å². The van der Waals surface area contributed by atoms with Gasteiger partial charge in [0, 0.05) is 97.2 Å². The SMILES string of the molecule is Cc1cc(C#N)c2c(oc3c(C(C)C)cccc32)c1-c1cccc[n+]1C.Cc1cc2c(cc1-c1cccc[n+]1C)oc1c(C(C)C)cc(C#N)cc12.Cc1ccc2c(oc3c(C(C)C)ccc(C#N)c32)c1-c1cccc[n+]1C.[C-]#[N+]c1ccc2c(oc3cc(-c4cccc[n+]4C)c(C)cc32)c1C(C)C. The van der Waals surface area contributed by atoms with Gasteiger partial charge < -0.3 is 17.7 Å². The lowest BCUT2D eigenvalue weighted by Gasteiger charge is -2.08. The Hall–Kier alpha value is -12.5. The van der Waals surface area contributed by atoms with Crippen LogP contribution < -0.4 is 18.3 Å². The lowest BCUT2D eigenvalue weighted by Crippen LogP contribution is -2.30. The molecule has 0 N–H and O–H groups in total. The predicted octanol–water partition coefficient (Wildman–Crippen LogP) is 22.2. The van der Waals surface area contributed by atoms with Crippen molar-refractivity contribution in [2.24, 2.45) is 28.2 Å². The van der Waals surface area contributed by atoms with E-state index in [-0.39, 0.29) is 5.92 Å². The first kappa shape index (κ1) is 70.0. The zero-order valence-electron chi connectivity index (χ0n) is 62.0. The van der Waals surface area contributed by atoms with Gasteiger partial charge in [0.25, 0.3) is 0 Å². The summed E-state index contributed by atoms with van der Waals surface area (Å²) >= 11 is 0. The molecule has 12 heteroatoms. The summed E-state index contributed by atoms with van der Waals surface area (Å²) in [6, 6.07) is 64.4. The highest BCUT2D eigenvalue weighted by Gasteiger charge is 2.28. The van der Waals surface area contributed by atoms with E-state index in [1.54, 1.807) is 0 Å². The molecule has 0 atom stereocenters. The minimum atomic E-state index is 0.232. The Bertz CT molecular complexity index is 6250. The molecule has 0 spiro atoms. The molecule has 12 nitrogen and oxygen atoms in total. The highest BCUT2D eigenvalue weighted by molar-refractivity contribution is 6.15. The van der Waals surface area contributed by atoms with Gasteiger partial charge in [0.2, 0.25) is 22.8 Å². The molecule has 0 amide bonds. The molecule has 0 fully saturated rings. The Kier molecular flexibility index (Phi) is 19.2. The molecule has 0 bridgehead atoms. The molecule has 16 rings (SSSR count). The second-order valence-electron chi connectivity index (χ2n) is 28.5. The predicted molar refractivity (Wildman–Crippen MR) is 417 cm³/mol. The van der Waals surface area contributed by atoms with E-state index < -0.39 is 0 Å². The van der Waals surface area contributed by atoms with Crippen LogP contribution in [0.1, 0.15) is 140 Å². The zero-order valence-corrected chi connectivity index (χ0v) is 62.0. The van der Waals surface area contributed by atoms with Crippen molar-refractivity contribution in [2.45, 2.75) is 107 Å². The summed E-state index contributed by atoms with van der Waals surface area (Å²) in [4.78, 5) is 3.69. The van der Waals surface area contributed by atoms with Crippen LogP contribution in [0.5, 0.6) is 0 Å². The number of aromatic nitrogens is 4. The number of nitriles is 3. The largest absolute Gasteiger partial charge is 0.457 e. The van der Waals surface area contributed by atoms with Crippen molar-refractivity contribution in [2.75, 3.05) is 0 Å². The van der Waals surface area contributed by atoms with E-state index in [4.69, 9.17) is 24.2 Å². The van der Waals surface area contributed by atoms with E-state index in [0.717, 1.165) is 161 Å². The fourth-order valence-corrected chi connectivity index (χ4v) is 14.8. The maximum atomic E-state index is 9.74. The minimum Gasteiger partial charge on any atom is -0.457 e. The fourth-order valence-electron chi connectivity index (χ4n) is 14.8. The van der Waals surface area contributed by atoms with E-state index >= 15 is 0 Å². The van der Waals surface area contributed by atoms with E-state index in [0.29, 0.717) is 40.1 Å². The Morgan fingerprint density at radius 1 is 0.356 bits per heavy atom. The lowest BCUT2D eigenvalue weighted by atomic mass is 9.95. The number of aryl methyl sites for hydroxylation is 8. The Morgan fingerprint density at radius 2 is 0.837 bits per heavy atom. The van der Waals surface area contributed by atoms with Gasteiger partial charge in [-0.2, -0.15) is 15.8 Å². The number of hydrogen-bond acceptors (Lipinski definition) is 7. The molecule has 0 radical (unpaired) electrons. The molecule has 0 unspecified atom stereocenters. The first-order valence-corrected chi connectivity index (χ1v) is 35.4. The van der Waals surface area contributed by atoms with Gasteiger partial charge in [0.1, 0.15) is 67.3 Å². The number of fused-ring (bicyclic) bond motifs is 12. The zero-order chi connectivity index (χ0) is 73.7. The fraction of sp³-hybridized carbons (Fsp3) is 0.217. The average Bonchev–Trinajstić information content (AvgIpc) is 1.60. The summed E-state index contributed by atoms with van der Waals surface area (Å²) in [5.41, 5.74) is 27.4. The summed E-state index contributed by atoms with van der Waals surface area (Å²) in [6.45, 7) is 33.0. The van der Waals surface area contributed by atoms with Crippen molar-refractivity contribution >= 4 is 93.4 Å². The van der Waals surface area contributed by atoms with Crippen LogP contribution in [-0.4, -0.2) is 0 Å². The van der Waals surface area contributed by atoms with E-state index in [1.165, 1.54) is 16.7 Å². The summed E-state index contributed by atoms with van der Waals surface area (Å²) < 4.78 is 33.9. The maximum Gasteiger partial charge on any atom is 0.216 e. The Morgan fingerprint density at radius 3 is 1.36 bits per heavy atom. The Balaban J connectivity index is 0.000000123. The molecule has 16 aromatic rings. The molecule has 0 aliphatic carbocycles. The number of furan rings is 4. The van der Waals surface area contributed by atoms with Gasteiger partial charge in [-0.25, -0.2) is 23.1 Å². The number of para-hydroxylation sites is 1. The van der Waals surface area contributed by atoms with Crippen molar-refractivity contribution in [3.05, 3.63) is 267 Å². The van der Waals surface area contributed by atoms with Crippen molar-refractivity contribution in [3.8, 4) is 63.2 Å². The van der Waals surface area contributed by atoms with Gasteiger partial charge in [-0.3, -0.25) is 0 Å². The second-order valence-corrected chi connectivity index (χ2v) is 28.5. The molecule has 0 aliphatic heterocycles. The first-order valence-electron chi connectivity index (χ1n) is 35.4. The standard InChI is InChI=1S/4C23H21N2O/c1-14(2)22-19(24-4)10-9-16-18-12-15(3)17(13-21(18)26-23(16)22)20-8-6-7-11-25(20)5;1-14(2)17-8-7-9-18-21-16(13-24)12-15(3)20(23(21)26-22(17)18)19-10-5-6-11-25(19)4;1-14(2)17-11-9-16(13-24)21-18-10-8-15(3)20(23(18)26-22(17)21)19-7-5-6-12-25(19)4;1-14(2)17-10-16(13-24)11-20-19-9-15(3)18(12-22(19)26-23(17)20)21-7-5-6-8-25(21)4/h6-14H,1-3,5H3;3*5-12,14H,1-4H3/q4*+1. The number of hydrogen-bond donors (Lipinski definition) is 0. The normalized spacial score (nSPS) is 11.4. The minimum absolute atomic E-state index is 0.232. The molecule has 0 saturated heterocycles. The molecule has 8 aromatic carbocycles. The van der Waals surface area contributed by atoms with Gasteiger partial charge in [-0.15, -0.1) is 0 Å². The average molecular weight is 1370 g/mol. The van der Waals surface area contributed by atoms with Crippen LogP contribution in [0.3, 0.4) is 0 Å². The first-order chi connectivity index (χ1) is 50.0. The van der Waals surface area contributed by atoms with Gasteiger partial charge in [-0.1, -0.05) is 104 Å².